The summed E-state index contributed by atoms with van der Waals surface area (Å²) in [7, 11) is 1.74. The van der Waals surface area contributed by atoms with E-state index in [1.54, 1.807) is 14.8 Å². The average Bonchev–Trinajstić information content (AvgIpc) is 2.84. The van der Waals surface area contributed by atoms with Crippen molar-refractivity contribution in [3.8, 4) is 11.5 Å². The van der Waals surface area contributed by atoms with Gasteiger partial charge in [0.1, 0.15) is 0 Å². The average molecular weight is 491 g/mol. The fourth-order valence-corrected chi connectivity index (χ4v) is 8.24. The Morgan fingerprint density at radius 1 is 0.933 bits per heavy atom. The van der Waals surface area contributed by atoms with Crippen molar-refractivity contribution >= 4 is 28.6 Å². The van der Waals surface area contributed by atoms with Gasteiger partial charge in [0, 0.05) is 0 Å². The van der Waals surface area contributed by atoms with Crippen LogP contribution in [0, 0.1) is 5.92 Å². The molecule has 1 atom stereocenters. The Labute approximate surface area is 203 Å². The van der Waals surface area contributed by atoms with Gasteiger partial charge in [-0.1, -0.05) is 0 Å². The molecule has 0 radical (unpaired) electrons. The summed E-state index contributed by atoms with van der Waals surface area (Å²) in [4.78, 5) is 0. The van der Waals surface area contributed by atoms with E-state index in [4.69, 9.17) is 8.06 Å². The summed E-state index contributed by atoms with van der Waals surface area (Å²) in [6, 6.07) is 6.42. The van der Waals surface area contributed by atoms with Crippen LogP contribution in [0.25, 0.3) is 0 Å². The van der Waals surface area contributed by atoms with Crippen LogP contribution < -0.4 is 8.06 Å². The molecule has 30 heavy (non-hydrogen) atoms. The minimum absolute atomic E-state index is 0. The maximum absolute atomic E-state index is 6.92. The summed E-state index contributed by atoms with van der Waals surface area (Å²) in [5.41, 5.74) is 5.75. The Morgan fingerprint density at radius 2 is 1.47 bits per heavy atom. The third kappa shape index (κ3) is 6.25. The van der Waals surface area contributed by atoms with Crippen molar-refractivity contribution < 1.29 is 25.9 Å². The van der Waals surface area contributed by atoms with Crippen molar-refractivity contribution in [2.45, 2.75) is 80.6 Å². The molecule has 1 unspecified atom stereocenters. The van der Waals surface area contributed by atoms with Crippen molar-refractivity contribution in [3.63, 3.8) is 0 Å². The molecule has 0 heterocycles. The maximum Gasteiger partial charge on any atom is -0.147 e. The molecule has 0 saturated carbocycles. The van der Waals surface area contributed by atoms with Gasteiger partial charge in [-0.2, -0.15) is 0 Å². The van der Waals surface area contributed by atoms with E-state index in [2.05, 4.69) is 80.5 Å². The Bertz CT molecular complexity index is 839. The van der Waals surface area contributed by atoms with Gasteiger partial charge < -0.3 is 0 Å². The normalized spacial score (nSPS) is 16.1. The minimum Gasteiger partial charge on any atom is -0.147 e. The van der Waals surface area contributed by atoms with Gasteiger partial charge in [0.25, 0.3) is 0 Å². The standard InChI is InChI=1S/C11H16O2.C9H13.C5H10.2ClH.Ti/c1-11(2,3)8-5-9(12)7-10(6-8)13-4;1-6-5-7(2)9(4)8(6)3;1-3-5-4-2;;;/h5-7,12H,1-4H3;6H,1-4H3;3-4H2,1-2H3;2*1H;/q;;;;;+1/p-1. The smallest absolute Gasteiger partial charge is 0.147 e. The minimum atomic E-state index is -2.08. The largest absolute Gasteiger partial charge is 0.147 e. The Kier molecular flexibility index (Phi) is 11.7. The number of allylic oxidation sites excluding steroid dienone is 4. The topological polar surface area (TPSA) is 18.5 Å². The number of benzene rings is 1. The van der Waals surface area contributed by atoms with Crippen molar-refractivity contribution in [1.82, 2.24) is 0 Å². The van der Waals surface area contributed by atoms with Crippen LogP contribution in [-0.2, 0) is 23.2 Å². The predicted molar refractivity (Wildman–Crippen MR) is 133 cm³/mol. The Balaban J connectivity index is 0.00000420. The SMILES string of the molecule is CC[C](CC)=[Ti]([O]c1cc(OC)cc(C(C)(C)C)c1)[C]1=C(C)C(C)=C(C)C1C.Cl.Cl. The van der Waals surface area contributed by atoms with Crippen molar-refractivity contribution in [3.05, 3.63) is 44.4 Å². The fourth-order valence-electron chi connectivity index (χ4n) is 3.92. The van der Waals surface area contributed by atoms with Crippen molar-refractivity contribution in [2.24, 2.45) is 5.92 Å². The van der Waals surface area contributed by atoms with Gasteiger partial charge in [0.2, 0.25) is 0 Å². The molecular weight excluding hydrogens is 451 g/mol. The molecule has 2 nitrogen and oxygen atoms in total. The third-order valence-electron chi connectivity index (χ3n) is 6.26. The molecule has 0 N–H and O–H groups in total. The van der Waals surface area contributed by atoms with E-state index >= 15 is 0 Å². The first-order valence-electron chi connectivity index (χ1n) is 10.5. The monoisotopic (exact) mass is 490 g/mol. The molecule has 1 aliphatic carbocycles. The molecular formula is C25H40Cl2O2Ti. The number of methoxy groups -OCH3 is 1. The van der Waals surface area contributed by atoms with Gasteiger partial charge in [-0.3, -0.25) is 0 Å². The molecule has 0 amide bonds. The Morgan fingerprint density at radius 3 is 1.87 bits per heavy atom. The number of ether oxygens (including phenoxy) is 1. The molecule has 2 rings (SSSR count). The molecule has 0 spiro atoms. The van der Waals surface area contributed by atoms with E-state index in [0.717, 1.165) is 24.3 Å². The third-order valence-corrected chi connectivity index (χ3v) is 11.1. The van der Waals surface area contributed by atoms with Crippen LogP contribution >= 0.6 is 24.8 Å². The zero-order valence-electron chi connectivity index (χ0n) is 20.4. The van der Waals surface area contributed by atoms with Crippen LogP contribution in [-0.4, -0.2) is 10.9 Å². The van der Waals surface area contributed by atoms with Crippen molar-refractivity contribution in [2.75, 3.05) is 7.11 Å². The summed E-state index contributed by atoms with van der Waals surface area (Å²) in [6.45, 7) is 20.5. The van der Waals surface area contributed by atoms with Crippen LogP contribution in [0.1, 0.15) is 80.7 Å². The molecule has 5 heteroatoms. The first kappa shape index (κ1) is 29.5. The van der Waals surface area contributed by atoms with Crippen LogP contribution in [0.5, 0.6) is 11.5 Å². The van der Waals surface area contributed by atoms with E-state index in [-0.39, 0.29) is 30.2 Å². The molecule has 0 bridgehead atoms. The van der Waals surface area contributed by atoms with Gasteiger partial charge in [0.05, 0.1) is 0 Å². The number of rotatable bonds is 6. The maximum atomic E-state index is 6.92. The summed E-state index contributed by atoms with van der Waals surface area (Å²) < 4.78 is 15.7. The van der Waals surface area contributed by atoms with Crippen molar-refractivity contribution in [1.29, 1.82) is 0 Å². The quantitative estimate of drug-likeness (QED) is 0.376. The van der Waals surface area contributed by atoms with Gasteiger partial charge >= 0.3 is 179 Å². The van der Waals surface area contributed by atoms with Gasteiger partial charge in [-0.15, -0.1) is 24.8 Å². The summed E-state index contributed by atoms with van der Waals surface area (Å²) in [5.74, 6) is 2.34. The second-order valence-electron chi connectivity index (χ2n) is 8.96. The molecule has 0 saturated heterocycles. The number of halogens is 2. The van der Waals surface area contributed by atoms with Crippen LogP contribution in [0.3, 0.4) is 0 Å². The van der Waals surface area contributed by atoms with Crippen LogP contribution in [0.2, 0.25) is 0 Å². The van der Waals surface area contributed by atoms with E-state index in [1.165, 1.54) is 22.3 Å². The Hall–Kier alpha value is -0.536. The summed E-state index contributed by atoms with van der Waals surface area (Å²) in [6.07, 6.45) is 2.20. The molecule has 1 aromatic carbocycles. The zero-order chi connectivity index (χ0) is 21.2. The summed E-state index contributed by atoms with van der Waals surface area (Å²) >= 11 is -2.08. The van der Waals surface area contributed by atoms with E-state index in [1.807, 2.05) is 0 Å². The number of hydrogen-bond acceptors (Lipinski definition) is 2. The van der Waals surface area contributed by atoms with E-state index < -0.39 is 17.8 Å². The second kappa shape index (κ2) is 11.9. The molecule has 0 fully saturated rings. The molecule has 170 valence electrons. The van der Waals surface area contributed by atoms with Gasteiger partial charge in [-0.25, -0.2) is 0 Å². The predicted octanol–water partition coefficient (Wildman–Crippen LogP) is 8.00. The first-order valence-corrected chi connectivity index (χ1v) is 12.7. The van der Waals surface area contributed by atoms with E-state index in [9.17, 15) is 0 Å². The first-order chi connectivity index (χ1) is 13.0. The second-order valence-corrected chi connectivity index (χ2v) is 12.2. The van der Waals surface area contributed by atoms with E-state index in [0.29, 0.717) is 5.92 Å². The molecule has 0 aliphatic heterocycles. The zero-order valence-corrected chi connectivity index (χ0v) is 23.6. The fraction of sp³-hybridized carbons (Fsp3) is 0.560. The molecule has 1 aromatic rings. The molecule has 0 aromatic heterocycles. The van der Waals surface area contributed by atoms with Gasteiger partial charge in [-0.05, 0) is 0 Å². The number of hydrogen-bond donors (Lipinski definition) is 0. The molecule has 1 aliphatic rings. The van der Waals surface area contributed by atoms with Crippen LogP contribution in [0.4, 0.5) is 0 Å². The van der Waals surface area contributed by atoms with Crippen LogP contribution in [0.15, 0.2) is 38.8 Å². The summed E-state index contributed by atoms with van der Waals surface area (Å²) in [5, 5.41) is 0. The van der Waals surface area contributed by atoms with Gasteiger partial charge in [0.15, 0.2) is 0 Å².